The first kappa shape index (κ1) is 26.7. The summed E-state index contributed by atoms with van der Waals surface area (Å²) in [4.78, 5) is 38.4. The van der Waals surface area contributed by atoms with Gasteiger partial charge in [0.2, 0.25) is 0 Å². The summed E-state index contributed by atoms with van der Waals surface area (Å²) in [7, 11) is 0. The molecule has 0 radical (unpaired) electrons. The third-order valence-corrected chi connectivity index (χ3v) is 13.1. The van der Waals surface area contributed by atoms with Crippen molar-refractivity contribution in [1.29, 1.82) is 0 Å². The second kappa shape index (κ2) is 8.21. The number of aliphatic hydroxyl groups excluding tert-OH is 2. The van der Waals surface area contributed by atoms with Gasteiger partial charge in [-0.2, -0.15) is 0 Å². The minimum absolute atomic E-state index is 0.00386. The Bertz CT molecular complexity index is 1250. The molecular formula is C32H42O8. The van der Waals surface area contributed by atoms with E-state index < -0.39 is 28.5 Å². The van der Waals surface area contributed by atoms with Crippen LogP contribution in [0.25, 0.3) is 0 Å². The molecule has 5 aliphatic carbocycles. The highest BCUT2D eigenvalue weighted by atomic mass is 16.6. The number of carbonyl (C=O) groups is 3. The highest BCUT2D eigenvalue weighted by Crippen LogP contribution is 2.76. The van der Waals surface area contributed by atoms with E-state index in [4.69, 9.17) is 14.2 Å². The lowest BCUT2D eigenvalue weighted by Gasteiger charge is -2.45. The Labute approximate surface area is 235 Å². The lowest BCUT2D eigenvalue weighted by molar-refractivity contribution is -0.152. The van der Waals surface area contributed by atoms with Crippen molar-refractivity contribution in [2.24, 2.45) is 51.8 Å². The lowest BCUT2D eigenvalue weighted by Crippen LogP contribution is -2.46. The number of aliphatic hydroxyl groups is 2. The molecule has 2 N–H and O–H groups in total. The maximum Gasteiger partial charge on any atom is 0.334 e. The minimum Gasteiger partial charge on any atom is -0.462 e. The Morgan fingerprint density at radius 2 is 1.80 bits per heavy atom. The molecule has 7 rings (SSSR count). The number of hydrogen-bond acceptors (Lipinski definition) is 8. The van der Waals surface area contributed by atoms with Gasteiger partial charge in [-0.3, -0.25) is 9.59 Å². The second-order valence-electron chi connectivity index (χ2n) is 14.7. The van der Waals surface area contributed by atoms with E-state index >= 15 is 0 Å². The van der Waals surface area contributed by atoms with Crippen LogP contribution < -0.4 is 0 Å². The molecule has 2 bridgehead atoms. The third-order valence-electron chi connectivity index (χ3n) is 13.1. The second-order valence-corrected chi connectivity index (χ2v) is 14.7. The average Bonchev–Trinajstić information content (AvgIpc) is 3.46. The topological polar surface area (TPSA) is 119 Å². The van der Waals surface area contributed by atoms with Crippen molar-refractivity contribution < 1.29 is 38.8 Å². The van der Waals surface area contributed by atoms with E-state index in [1.54, 1.807) is 0 Å². The smallest absolute Gasteiger partial charge is 0.334 e. The molecule has 0 aromatic carbocycles. The van der Waals surface area contributed by atoms with Gasteiger partial charge in [-0.05, 0) is 50.9 Å². The predicted octanol–water partition coefficient (Wildman–Crippen LogP) is 3.49. The van der Waals surface area contributed by atoms with Crippen molar-refractivity contribution in [2.45, 2.75) is 104 Å². The molecule has 8 nitrogen and oxygen atoms in total. The normalized spacial score (nSPS) is 54.4. The molecule has 0 amide bonds. The van der Waals surface area contributed by atoms with Gasteiger partial charge in [-0.25, -0.2) is 4.79 Å². The molecule has 0 unspecified atom stereocenters. The zero-order valence-corrected chi connectivity index (χ0v) is 24.1. The minimum atomic E-state index is -0.879. The van der Waals surface area contributed by atoms with Gasteiger partial charge in [0.25, 0.3) is 0 Å². The van der Waals surface area contributed by atoms with Crippen molar-refractivity contribution in [3.8, 4) is 0 Å². The fraction of sp³-hybridized carbons (Fsp3) is 0.781. The van der Waals surface area contributed by atoms with E-state index in [0.29, 0.717) is 44.1 Å². The zero-order chi connectivity index (χ0) is 28.7. The van der Waals surface area contributed by atoms with Crippen molar-refractivity contribution >= 4 is 17.9 Å². The summed E-state index contributed by atoms with van der Waals surface area (Å²) in [6.45, 7) is 13.9. The van der Waals surface area contributed by atoms with Crippen LogP contribution in [0.1, 0.15) is 73.1 Å². The van der Waals surface area contributed by atoms with E-state index in [2.05, 4.69) is 34.3 Å². The Kier molecular flexibility index (Phi) is 5.48. The van der Waals surface area contributed by atoms with Gasteiger partial charge in [0.1, 0.15) is 18.3 Å². The standard InChI is InChI=1S/C32H42O8/c1-13-7-22-20(11-30(6)24(34)10-23(25(13)30)38-17(5)33)32(29(37)40-22)12-31-14(2)8-21-18(15(3)28(36)39-21)9-19(31)16(4)26(32)27(31)35/h13-14,18,20-27,34-35H,3,7-12H2,1-2,4-6H3/t13-,14+,18-,20+,21+,22+,23+,24+,25-,26+,27-,30-,31+,32+/m1/s1. The zero-order valence-electron chi connectivity index (χ0n) is 24.1. The van der Waals surface area contributed by atoms with Crippen molar-refractivity contribution in [1.82, 2.24) is 0 Å². The van der Waals surface area contributed by atoms with Gasteiger partial charge in [0.05, 0.1) is 17.6 Å². The fourth-order valence-electron chi connectivity index (χ4n) is 11.6. The van der Waals surface area contributed by atoms with Crippen LogP contribution in [-0.2, 0) is 28.6 Å². The fourth-order valence-corrected chi connectivity index (χ4v) is 11.6. The molecular weight excluding hydrogens is 512 g/mol. The maximum atomic E-state index is 14.1. The molecule has 0 aromatic rings. The van der Waals surface area contributed by atoms with Gasteiger partial charge in [-0.15, -0.1) is 0 Å². The number of ether oxygens (including phenoxy) is 3. The maximum absolute atomic E-state index is 14.1. The van der Waals surface area contributed by atoms with Crippen LogP contribution in [0.2, 0.25) is 0 Å². The first-order chi connectivity index (χ1) is 18.8. The number of hydrogen-bond donors (Lipinski definition) is 2. The molecule has 7 aliphatic rings. The summed E-state index contributed by atoms with van der Waals surface area (Å²) in [6.07, 6.45) is 1.04. The third kappa shape index (κ3) is 2.97. The van der Waals surface area contributed by atoms with Crippen LogP contribution >= 0.6 is 0 Å². The molecule has 14 atom stereocenters. The highest BCUT2D eigenvalue weighted by Gasteiger charge is 2.78. The predicted molar refractivity (Wildman–Crippen MR) is 142 cm³/mol. The van der Waals surface area contributed by atoms with Crippen LogP contribution in [0.3, 0.4) is 0 Å². The van der Waals surface area contributed by atoms with E-state index in [0.717, 1.165) is 5.57 Å². The van der Waals surface area contributed by atoms with Crippen LogP contribution in [0.15, 0.2) is 23.3 Å². The van der Waals surface area contributed by atoms with Crippen molar-refractivity contribution in [2.75, 3.05) is 0 Å². The van der Waals surface area contributed by atoms with Gasteiger partial charge >= 0.3 is 17.9 Å². The van der Waals surface area contributed by atoms with Crippen LogP contribution in [0.5, 0.6) is 0 Å². The van der Waals surface area contributed by atoms with Crippen molar-refractivity contribution in [3.63, 3.8) is 0 Å². The molecule has 8 heteroatoms. The summed E-state index contributed by atoms with van der Waals surface area (Å²) in [5.41, 5.74) is 0.717. The Morgan fingerprint density at radius 3 is 2.50 bits per heavy atom. The van der Waals surface area contributed by atoms with Crippen LogP contribution in [0.4, 0.5) is 0 Å². The monoisotopic (exact) mass is 554 g/mol. The van der Waals surface area contributed by atoms with Gasteiger partial charge in [0.15, 0.2) is 0 Å². The number of esters is 3. The molecule has 2 saturated heterocycles. The van der Waals surface area contributed by atoms with Crippen LogP contribution in [-0.4, -0.2) is 58.6 Å². The molecule has 2 heterocycles. The quantitative estimate of drug-likeness (QED) is 0.219. The van der Waals surface area contributed by atoms with Crippen molar-refractivity contribution in [3.05, 3.63) is 23.3 Å². The number of rotatable bonds is 1. The Morgan fingerprint density at radius 1 is 1.07 bits per heavy atom. The van der Waals surface area contributed by atoms with Crippen LogP contribution in [0, 0.1) is 51.8 Å². The van der Waals surface area contributed by atoms with E-state index in [1.165, 1.54) is 12.5 Å². The largest absolute Gasteiger partial charge is 0.462 e. The molecule has 218 valence electrons. The lowest BCUT2D eigenvalue weighted by atomic mass is 9.56. The molecule has 0 aromatic heterocycles. The summed E-state index contributed by atoms with van der Waals surface area (Å²) in [5.74, 6) is -1.48. The number of carbonyl (C=O) groups excluding carboxylic acids is 3. The van der Waals surface area contributed by atoms with E-state index in [1.807, 2.05) is 0 Å². The summed E-state index contributed by atoms with van der Waals surface area (Å²) < 4.78 is 17.7. The summed E-state index contributed by atoms with van der Waals surface area (Å²) >= 11 is 0. The molecule has 4 saturated carbocycles. The van der Waals surface area contributed by atoms with Gasteiger partial charge in [-0.1, -0.05) is 38.5 Å². The summed E-state index contributed by atoms with van der Waals surface area (Å²) in [5, 5.41) is 23.6. The highest BCUT2D eigenvalue weighted by molar-refractivity contribution is 5.91. The average molecular weight is 555 g/mol. The first-order valence-electron chi connectivity index (χ1n) is 15.1. The SMILES string of the molecule is C=C1C(=O)O[C@H]2C[C@H](C)[C@@]34C[C@@]5(C(=O)O[C@H]6C[C@@H](C)[C@@H]7[C@@H](OC(C)=O)C[C@H](O)[C@@]7(C)C[C@@H]65)[C@@H](C(C)=C3C[C@H]12)[C@H]4O. The molecule has 6 fully saturated rings. The molecule has 2 spiro atoms. The first-order valence-corrected chi connectivity index (χ1v) is 15.1. The molecule has 2 aliphatic heterocycles. The van der Waals surface area contributed by atoms with E-state index in [-0.39, 0.29) is 71.7 Å². The Balaban J connectivity index is 1.31. The van der Waals surface area contributed by atoms with Gasteiger partial charge in [0, 0.05) is 53.4 Å². The summed E-state index contributed by atoms with van der Waals surface area (Å²) in [6, 6.07) is 0. The molecule has 40 heavy (non-hydrogen) atoms. The Hall–Kier alpha value is -2.19. The number of fused-ring (bicyclic) bond motifs is 6. The van der Waals surface area contributed by atoms with Gasteiger partial charge < -0.3 is 24.4 Å². The van der Waals surface area contributed by atoms with E-state index in [9.17, 15) is 24.6 Å².